The molecule has 2 amide bonds. The highest BCUT2D eigenvalue weighted by Gasteiger charge is 2.30. The topological polar surface area (TPSA) is 49.9 Å². The zero-order valence-electron chi connectivity index (χ0n) is 15.3. The lowest BCUT2D eigenvalue weighted by Gasteiger charge is -2.35. The molecule has 1 aliphatic rings. The number of ether oxygens (including phenoxy) is 1. The van der Waals surface area contributed by atoms with Gasteiger partial charge in [0.25, 0.3) is 5.91 Å². The number of hydrogen-bond acceptors (Lipinski definition) is 3. The summed E-state index contributed by atoms with van der Waals surface area (Å²) >= 11 is 0. The third kappa shape index (κ3) is 4.81. The van der Waals surface area contributed by atoms with Crippen molar-refractivity contribution in [2.24, 2.45) is 0 Å². The summed E-state index contributed by atoms with van der Waals surface area (Å²) in [6.07, 6.45) is -0.519. The van der Waals surface area contributed by atoms with Crippen LogP contribution >= 0.6 is 0 Å². The molecule has 0 saturated carbocycles. The standard InChI is InChI=1S/C19H28N2O3/c1-13(2)24-16(5)19(23)21-7-6-20(18(22)12-21)11-17-9-14(3)8-15(4)10-17/h8-10,13,16H,6-7,11-12H2,1-5H3/t16-/m1/s1. The Bertz CT molecular complexity index is 592. The van der Waals surface area contributed by atoms with Crippen LogP contribution in [0.4, 0.5) is 0 Å². The van der Waals surface area contributed by atoms with Crippen molar-refractivity contribution in [3.63, 3.8) is 0 Å². The molecule has 1 heterocycles. The zero-order valence-corrected chi connectivity index (χ0v) is 15.3. The van der Waals surface area contributed by atoms with E-state index in [1.54, 1.807) is 11.8 Å². The SMILES string of the molecule is Cc1cc(C)cc(CN2CCN(C(=O)[C@@H](C)OC(C)C)CC2=O)c1. The van der Waals surface area contributed by atoms with Crippen molar-refractivity contribution in [2.45, 2.75) is 53.4 Å². The third-order valence-corrected chi connectivity index (χ3v) is 4.11. The number of nitrogens with zero attached hydrogens (tertiary/aromatic N) is 2. The first-order chi connectivity index (χ1) is 11.3. The van der Waals surface area contributed by atoms with Gasteiger partial charge in [-0.05, 0) is 40.2 Å². The first-order valence-electron chi connectivity index (χ1n) is 8.55. The Morgan fingerprint density at radius 2 is 1.75 bits per heavy atom. The fourth-order valence-corrected chi connectivity index (χ4v) is 3.17. The number of benzene rings is 1. The van der Waals surface area contributed by atoms with E-state index < -0.39 is 6.10 Å². The van der Waals surface area contributed by atoms with Crippen LogP contribution < -0.4 is 0 Å². The zero-order chi connectivity index (χ0) is 17.9. The van der Waals surface area contributed by atoms with Gasteiger partial charge < -0.3 is 14.5 Å². The van der Waals surface area contributed by atoms with Gasteiger partial charge >= 0.3 is 0 Å². The summed E-state index contributed by atoms with van der Waals surface area (Å²) < 4.78 is 5.53. The van der Waals surface area contributed by atoms with Gasteiger partial charge in [0.15, 0.2) is 0 Å². The third-order valence-electron chi connectivity index (χ3n) is 4.11. The Labute approximate surface area is 144 Å². The largest absolute Gasteiger partial charge is 0.366 e. The highest BCUT2D eigenvalue weighted by molar-refractivity contribution is 5.87. The van der Waals surface area contributed by atoms with E-state index >= 15 is 0 Å². The fourth-order valence-electron chi connectivity index (χ4n) is 3.17. The van der Waals surface area contributed by atoms with Gasteiger partial charge in [0, 0.05) is 19.6 Å². The second-order valence-electron chi connectivity index (χ2n) is 6.90. The van der Waals surface area contributed by atoms with Gasteiger partial charge in [0.2, 0.25) is 5.91 Å². The maximum Gasteiger partial charge on any atom is 0.251 e. The van der Waals surface area contributed by atoms with E-state index in [-0.39, 0.29) is 24.5 Å². The minimum Gasteiger partial charge on any atom is -0.366 e. The van der Waals surface area contributed by atoms with Crippen LogP contribution in [0.15, 0.2) is 18.2 Å². The number of carbonyl (C=O) groups excluding carboxylic acids is 2. The normalized spacial score (nSPS) is 16.7. The van der Waals surface area contributed by atoms with Crippen LogP contribution in [0, 0.1) is 13.8 Å². The Morgan fingerprint density at radius 3 is 2.29 bits per heavy atom. The molecule has 0 bridgehead atoms. The highest BCUT2D eigenvalue weighted by atomic mass is 16.5. The maximum absolute atomic E-state index is 12.4. The quantitative estimate of drug-likeness (QED) is 0.831. The van der Waals surface area contributed by atoms with E-state index in [0.29, 0.717) is 19.6 Å². The number of aryl methyl sites for hydroxylation is 2. The Balaban J connectivity index is 1.95. The van der Waals surface area contributed by atoms with Crippen molar-refractivity contribution >= 4 is 11.8 Å². The summed E-state index contributed by atoms with van der Waals surface area (Å²) in [7, 11) is 0. The molecule has 0 unspecified atom stereocenters. The molecule has 0 N–H and O–H groups in total. The minimum absolute atomic E-state index is 0.00879. The lowest BCUT2D eigenvalue weighted by atomic mass is 10.1. The van der Waals surface area contributed by atoms with Crippen LogP contribution in [0.2, 0.25) is 0 Å². The summed E-state index contributed by atoms with van der Waals surface area (Å²) in [6, 6.07) is 6.34. The predicted octanol–water partition coefficient (Wildman–Crippen LogP) is 2.29. The van der Waals surface area contributed by atoms with Crippen molar-refractivity contribution < 1.29 is 14.3 Å². The molecule has 1 atom stereocenters. The Morgan fingerprint density at radius 1 is 1.12 bits per heavy atom. The average molecular weight is 332 g/mol. The molecule has 0 spiro atoms. The van der Waals surface area contributed by atoms with Gasteiger partial charge in [-0.3, -0.25) is 9.59 Å². The number of carbonyl (C=O) groups is 2. The van der Waals surface area contributed by atoms with Gasteiger partial charge in [-0.15, -0.1) is 0 Å². The summed E-state index contributed by atoms with van der Waals surface area (Å²) in [4.78, 5) is 28.2. The average Bonchev–Trinajstić information content (AvgIpc) is 2.46. The Kier molecular flexibility index (Phi) is 5.99. The van der Waals surface area contributed by atoms with Crippen LogP contribution in [0.5, 0.6) is 0 Å². The minimum atomic E-state index is -0.510. The van der Waals surface area contributed by atoms with Gasteiger partial charge in [-0.25, -0.2) is 0 Å². The molecule has 5 nitrogen and oxygen atoms in total. The number of rotatable bonds is 5. The molecule has 2 rings (SSSR count). The van der Waals surface area contributed by atoms with Gasteiger partial charge in [-0.1, -0.05) is 29.3 Å². The summed E-state index contributed by atoms with van der Waals surface area (Å²) in [5.41, 5.74) is 3.54. The monoisotopic (exact) mass is 332 g/mol. The van der Waals surface area contributed by atoms with Crippen molar-refractivity contribution in [3.8, 4) is 0 Å². The van der Waals surface area contributed by atoms with E-state index in [4.69, 9.17) is 4.74 Å². The lowest BCUT2D eigenvalue weighted by Crippen LogP contribution is -2.54. The molecule has 1 aliphatic heterocycles. The summed E-state index contributed by atoms with van der Waals surface area (Å²) in [6.45, 7) is 11.5. The van der Waals surface area contributed by atoms with Crippen LogP contribution in [-0.2, 0) is 20.9 Å². The highest BCUT2D eigenvalue weighted by Crippen LogP contribution is 2.14. The predicted molar refractivity (Wildman–Crippen MR) is 93.6 cm³/mol. The molecule has 1 aromatic carbocycles. The molecule has 1 aromatic rings. The van der Waals surface area contributed by atoms with E-state index in [9.17, 15) is 9.59 Å². The van der Waals surface area contributed by atoms with E-state index in [1.165, 1.54) is 11.1 Å². The molecular weight excluding hydrogens is 304 g/mol. The number of amides is 2. The first-order valence-corrected chi connectivity index (χ1v) is 8.55. The Hall–Kier alpha value is -1.88. The van der Waals surface area contributed by atoms with Crippen LogP contribution in [0.1, 0.15) is 37.5 Å². The van der Waals surface area contributed by atoms with Gasteiger partial charge in [0.1, 0.15) is 6.10 Å². The molecule has 24 heavy (non-hydrogen) atoms. The lowest BCUT2D eigenvalue weighted by molar-refractivity contribution is -0.153. The van der Waals surface area contributed by atoms with Crippen molar-refractivity contribution in [3.05, 3.63) is 34.9 Å². The number of piperazine rings is 1. The van der Waals surface area contributed by atoms with Gasteiger partial charge in [0.05, 0.1) is 12.6 Å². The second-order valence-corrected chi connectivity index (χ2v) is 6.90. The van der Waals surface area contributed by atoms with Crippen molar-refractivity contribution in [1.29, 1.82) is 0 Å². The smallest absolute Gasteiger partial charge is 0.251 e. The van der Waals surface area contributed by atoms with Gasteiger partial charge in [-0.2, -0.15) is 0 Å². The van der Waals surface area contributed by atoms with E-state index in [1.807, 2.05) is 18.7 Å². The molecule has 1 fully saturated rings. The molecule has 0 aromatic heterocycles. The molecule has 1 saturated heterocycles. The summed E-state index contributed by atoms with van der Waals surface area (Å²) in [5, 5.41) is 0. The number of hydrogen-bond donors (Lipinski definition) is 0. The van der Waals surface area contributed by atoms with E-state index in [0.717, 1.165) is 5.56 Å². The summed E-state index contributed by atoms with van der Waals surface area (Å²) in [5.74, 6) is -0.117. The van der Waals surface area contributed by atoms with E-state index in [2.05, 4.69) is 32.0 Å². The van der Waals surface area contributed by atoms with Crippen molar-refractivity contribution in [2.75, 3.05) is 19.6 Å². The second kappa shape index (κ2) is 7.79. The van der Waals surface area contributed by atoms with Crippen LogP contribution in [0.25, 0.3) is 0 Å². The maximum atomic E-state index is 12.4. The first kappa shape index (κ1) is 18.5. The molecule has 5 heteroatoms. The van der Waals surface area contributed by atoms with Crippen molar-refractivity contribution in [1.82, 2.24) is 9.80 Å². The molecule has 0 radical (unpaired) electrons. The molecule has 132 valence electrons. The van der Waals surface area contributed by atoms with Crippen LogP contribution in [-0.4, -0.2) is 53.5 Å². The van der Waals surface area contributed by atoms with Crippen LogP contribution in [0.3, 0.4) is 0 Å². The molecular formula is C19H28N2O3. The fraction of sp³-hybridized carbons (Fsp3) is 0.579. The molecule has 0 aliphatic carbocycles.